The molecule has 1 saturated carbocycles. The van der Waals surface area contributed by atoms with Gasteiger partial charge in [0.25, 0.3) is 5.91 Å². The molecule has 0 aliphatic heterocycles. The second kappa shape index (κ2) is 8.75. The maximum Gasteiger partial charge on any atom is 0.273 e. The second-order valence-electron chi connectivity index (χ2n) is 7.60. The van der Waals surface area contributed by atoms with Crippen molar-refractivity contribution in [2.24, 2.45) is 0 Å². The van der Waals surface area contributed by atoms with Crippen LogP contribution in [-0.2, 0) is 13.1 Å². The molecule has 5 nitrogen and oxygen atoms in total. The summed E-state index contributed by atoms with van der Waals surface area (Å²) in [5.41, 5.74) is 1.62. The normalized spacial score (nSPS) is 14.7. The highest BCUT2D eigenvalue weighted by molar-refractivity contribution is 5.92. The van der Waals surface area contributed by atoms with E-state index in [-0.39, 0.29) is 17.6 Å². The molecule has 156 valence electrons. The molecule has 1 atom stereocenters. The largest absolute Gasteiger partial charge is 0.447 e. The van der Waals surface area contributed by atoms with Gasteiger partial charge in [-0.3, -0.25) is 9.69 Å². The van der Waals surface area contributed by atoms with Crippen molar-refractivity contribution in [3.05, 3.63) is 89.1 Å². The summed E-state index contributed by atoms with van der Waals surface area (Å²) in [7, 11) is 0. The van der Waals surface area contributed by atoms with Gasteiger partial charge in [0.05, 0.1) is 12.6 Å². The lowest BCUT2D eigenvalue weighted by Gasteiger charge is -2.20. The molecule has 0 saturated heterocycles. The molecule has 1 aliphatic carbocycles. The van der Waals surface area contributed by atoms with E-state index in [1.54, 1.807) is 0 Å². The van der Waals surface area contributed by atoms with Crippen molar-refractivity contribution in [3.8, 4) is 0 Å². The Labute approximate surface area is 173 Å². The molecule has 30 heavy (non-hydrogen) atoms. The van der Waals surface area contributed by atoms with Crippen molar-refractivity contribution in [3.63, 3.8) is 0 Å². The van der Waals surface area contributed by atoms with Crippen LogP contribution in [-0.4, -0.2) is 21.8 Å². The van der Waals surface area contributed by atoms with E-state index in [1.165, 1.54) is 18.4 Å². The summed E-state index contributed by atoms with van der Waals surface area (Å²) in [5, 5.41) is 2.91. The van der Waals surface area contributed by atoms with Crippen molar-refractivity contribution in [1.29, 1.82) is 0 Å². The van der Waals surface area contributed by atoms with Crippen LogP contribution in [0.5, 0.6) is 0 Å². The average Bonchev–Trinajstić information content (AvgIpc) is 3.48. The number of rotatable bonds is 8. The summed E-state index contributed by atoms with van der Waals surface area (Å²) < 4.78 is 32.7. The lowest BCUT2D eigenvalue weighted by molar-refractivity contribution is 0.0934. The monoisotopic (exact) mass is 411 g/mol. The minimum atomic E-state index is -0.595. The molecule has 1 heterocycles. The molecule has 2 aromatic carbocycles. The quantitative estimate of drug-likeness (QED) is 0.588. The molecule has 3 aromatic rings. The summed E-state index contributed by atoms with van der Waals surface area (Å²) in [6, 6.07) is 13.4. The Morgan fingerprint density at radius 3 is 2.67 bits per heavy atom. The number of benzene rings is 2. The summed E-state index contributed by atoms with van der Waals surface area (Å²) in [6.07, 6.45) is 3.35. The summed E-state index contributed by atoms with van der Waals surface area (Å²) >= 11 is 0. The summed E-state index contributed by atoms with van der Waals surface area (Å²) in [4.78, 5) is 18.9. The molecule has 1 aromatic heterocycles. The smallest absolute Gasteiger partial charge is 0.273 e. The van der Waals surface area contributed by atoms with Gasteiger partial charge in [0.15, 0.2) is 5.69 Å². The van der Waals surface area contributed by atoms with E-state index in [0.29, 0.717) is 30.6 Å². The van der Waals surface area contributed by atoms with Crippen LogP contribution in [0.1, 0.15) is 53.3 Å². The van der Waals surface area contributed by atoms with Crippen LogP contribution >= 0.6 is 0 Å². The predicted octanol–water partition coefficient (Wildman–Crippen LogP) is 4.61. The van der Waals surface area contributed by atoms with E-state index in [0.717, 1.165) is 24.5 Å². The number of carbonyl (C=O) groups is 1. The Morgan fingerprint density at radius 2 is 1.97 bits per heavy atom. The SMILES string of the molecule is CC(NC(=O)c1coc(CN(Cc2ccc(F)cc2F)C2CC2)n1)c1ccccc1. The molecule has 0 spiro atoms. The Morgan fingerprint density at radius 1 is 1.20 bits per heavy atom. The van der Waals surface area contributed by atoms with Crippen LogP contribution in [0.3, 0.4) is 0 Å². The van der Waals surface area contributed by atoms with Crippen LogP contribution in [0, 0.1) is 11.6 Å². The number of hydrogen-bond donors (Lipinski definition) is 1. The molecule has 4 rings (SSSR count). The Balaban J connectivity index is 1.40. The maximum absolute atomic E-state index is 14.0. The molecule has 1 fully saturated rings. The van der Waals surface area contributed by atoms with Gasteiger partial charge in [-0.25, -0.2) is 13.8 Å². The van der Waals surface area contributed by atoms with Gasteiger partial charge in [0, 0.05) is 24.2 Å². The van der Waals surface area contributed by atoms with Gasteiger partial charge < -0.3 is 9.73 Å². The zero-order valence-corrected chi connectivity index (χ0v) is 16.6. The molecule has 1 unspecified atom stereocenters. The second-order valence-corrected chi connectivity index (χ2v) is 7.60. The number of oxazole rings is 1. The fourth-order valence-electron chi connectivity index (χ4n) is 3.38. The van der Waals surface area contributed by atoms with Gasteiger partial charge in [-0.1, -0.05) is 36.4 Å². The van der Waals surface area contributed by atoms with E-state index in [2.05, 4.69) is 10.3 Å². The van der Waals surface area contributed by atoms with Gasteiger partial charge >= 0.3 is 0 Å². The molecule has 0 bridgehead atoms. The summed E-state index contributed by atoms with van der Waals surface area (Å²) in [6.45, 7) is 2.58. The zero-order valence-electron chi connectivity index (χ0n) is 16.6. The van der Waals surface area contributed by atoms with Crippen molar-refractivity contribution in [2.75, 3.05) is 0 Å². The number of aromatic nitrogens is 1. The Hall–Kier alpha value is -3.06. The predicted molar refractivity (Wildman–Crippen MR) is 107 cm³/mol. The fourth-order valence-corrected chi connectivity index (χ4v) is 3.38. The van der Waals surface area contributed by atoms with Crippen LogP contribution in [0.25, 0.3) is 0 Å². The standard InChI is InChI=1S/C23H23F2N3O2/c1-15(16-5-3-2-4-6-16)26-23(29)21-14-30-22(27-21)13-28(19-9-10-19)12-17-7-8-18(24)11-20(17)25/h2-8,11,14-15,19H,9-10,12-13H2,1H3,(H,26,29). The highest BCUT2D eigenvalue weighted by Gasteiger charge is 2.31. The number of carbonyl (C=O) groups excluding carboxylic acids is 1. The number of amides is 1. The first-order chi connectivity index (χ1) is 14.5. The van der Waals surface area contributed by atoms with Crippen molar-refractivity contribution in [2.45, 2.75) is 44.9 Å². The summed E-state index contributed by atoms with van der Waals surface area (Å²) in [5.74, 6) is -1.09. The lowest BCUT2D eigenvalue weighted by Crippen LogP contribution is -2.27. The molecule has 1 aliphatic rings. The van der Waals surface area contributed by atoms with Crippen LogP contribution in [0.2, 0.25) is 0 Å². The van der Waals surface area contributed by atoms with E-state index < -0.39 is 11.6 Å². The van der Waals surface area contributed by atoms with E-state index >= 15 is 0 Å². The van der Waals surface area contributed by atoms with E-state index in [9.17, 15) is 13.6 Å². The fraction of sp³-hybridized carbons (Fsp3) is 0.304. The third kappa shape index (κ3) is 4.91. The van der Waals surface area contributed by atoms with Crippen LogP contribution < -0.4 is 5.32 Å². The minimum Gasteiger partial charge on any atom is -0.447 e. The number of halogens is 2. The van der Waals surface area contributed by atoms with Crippen molar-refractivity contribution >= 4 is 5.91 Å². The molecule has 1 amide bonds. The first-order valence-electron chi connectivity index (χ1n) is 9.98. The molecular formula is C23H23F2N3O2. The first-order valence-corrected chi connectivity index (χ1v) is 9.98. The highest BCUT2D eigenvalue weighted by atomic mass is 19.1. The van der Waals surface area contributed by atoms with Crippen LogP contribution in [0.4, 0.5) is 8.78 Å². The lowest BCUT2D eigenvalue weighted by atomic mass is 10.1. The zero-order chi connectivity index (χ0) is 21.1. The number of nitrogens with zero attached hydrogens (tertiary/aromatic N) is 2. The Bertz CT molecular complexity index is 1020. The van der Waals surface area contributed by atoms with E-state index in [4.69, 9.17) is 4.42 Å². The van der Waals surface area contributed by atoms with E-state index in [1.807, 2.05) is 42.2 Å². The van der Waals surface area contributed by atoms with Gasteiger partial charge in [-0.15, -0.1) is 0 Å². The number of hydrogen-bond acceptors (Lipinski definition) is 4. The molecule has 7 heteroatoms. The number of nitrogens with one attached hydrogen (secondary N) is 1. The van der Waals surface area contributed by atoms with Crippen molar-refractivity contribution < 1.29 is 18.0 Å². The van der Waals surface area contributed by atoms with Gasteiger partial charge in [-0.05, 0) is 31.4 Å². The average molecular weight is 411 g/mol. The topological polar surface area (TPSA) is 58.4 Å². The molecule has 1 N–H and O–H groups in total. The Kier molecular flexibility index (Phi) is 5.90. The molecule has 0 radical (unpaired) electrons. The van der Waals surface area contributed by atoms with Crippen LogP contribution in [0.15, 0.2) is 59.2 Å². The van der Waals surface area contributed by atoms with Gasteiger partial charge in [0.1, 0.15) is 17.9 Å². The third-order valence-corrected chi connectivity index (χ3v) is 5.22. The minimum absolute atomic E-state index is 0.164. The van der Waals surface area contributed by atoms with Gasteiger partial charge in [-0.2, -0.15) is 0 Å². The highest BCUT2D eigenvalue weighted by Crippen LogP contribution is 2.30. The first kappa shape index (κ1) is 20.2. The van der Waals surface area contributed by atoms with Gasteiger partial charge in [0.2, 0.25) is 5.89 Å². The maximum atomic E-state index is 14.0. The third-order valence-electron chi connectivity index (χ3n) is 5.22. The molecular weight excluding hydrogens is 388 g/mol. The van der Waals surface area contributed by atoms with Crippen molar-refractivity contribution in [1.82, 2.24) is 15.2 Å².